The Bertz CT molecular complexity index is 759. The van der Waals surface area contributed by atoms with Crippen LogP contribution in [0.2, 0.25) is 10.0 Å². The Kier molecular flexibility index (Phi) is 7.16. The van der Waals surface area contributed by atoms with Gasteiger partial charge in [-0.1, -0.05) is 29.3 Å². The van der Waals surface area contributed by atoms with Crippen LogP contribution in [0.5, 0.6) is 0 Å². The van der Waals surface area contributed by atoms with Crippen LogP contribution in [0.25, 0.3) is 0 Å². The molecule has 0 aliphatic carbocycles. The molecule has 0 radical (unpaired) electrons. The number of aliphatic imine (C=N–C) groups is 1. The number of hydrogen-bond acceptors (Lipinski definition) is 3. The Hall–Kier alpha value is -2.18. The molecule has 0 atom stereocenters. The first-order valence-electron chi connectivity index (χ1n) is 7.76. The molecule has 2 aromatic rings. The molecule has 0 saturated carbocycles. The molecule has 1 heterocycles. The van der Waals surface area contributed by atoms with Crippen molar-refractivity contribution in [2.24, 2.45) is 10.7 Å². The van der Waals surface area contributed by atoms with E-state index in [-0.39, 0.29) is 5.76 Å². The van der Waals surface area contributed by atoms with E-state index in [1.54, 1.807) is 25.2 Å². The number of nitrogens with zero attached hydrogens (tertiary/aromatic N) is 1. The van der Waals surface area contributed by atoms with E-state index in [2.05, 4.69) is 15.6 Å². The minimum absolute atomic E-state index is 0.139. The summed E-state index contributed by atoms with van der Waals surface area (Å²) in [6, 6.07) is 8.76. The molecule has 1 amide bonds. The molecular weight excluding hydrogens is 363 g/mol. The van der Waals surface area contributed by atoms with E-state index in [1.807, 2.05) is 12.1 Å². The van der Waals surface area contributed by atoms with Gasteiger partial charge in [0.15, 0.2) is 11.7 Å². The van der Waals surface area contributed by atoms with Crippen molar-refractivity contribution in [2.45, 2.75) is 19.4 Å². The number of primary amides is 1. The van der Waals surface area contributed by atoms with Crippen molar-refractivity contribution in [2.75, 3.05) is 13.6 Å². The molecule has 0 unspecified atom stereocenters. The molecule has 0 bridgehead atoms. The van der Waals surface area contributed by atoms with Crippen LogP contribution < -0.4 is 16.4 Å². The summed E-state index contributed by atoms with van der Waals surface area (Å²) in [6.45, 7) is 1.12. The number of halogens is 2. The lowest BCUT2D eigenvalue weighted by Crippen LogP contribution is -2.37. The number of carbonyl (C=O) groups is 1. The Morgan fingerprint density at radius 3 is 2.68 bits per heavy atom. The maximum atomic E-state index is 11.0. The zero-order chi connectivity index (χ0) is 18.2. The maximum Gasteiger partial charge on any atom is 0.284 e. The first kappa shape index (κ1) is 19.1. The first-order valence-corrected chi connectivity index (χ1v) is 8.52. The Balaban J connectivity index is 1.73. The molecule has 0 fully saturated rings. The summed E-state index contributed by atoms with van der Waals surface area (Å²) in [5.74, 6) is 0.790. The van der Waals surface area contributed by atoms with Gasteiger partial charge in [-0.25, -0.2) is 0 Å². The predicted octanol–water partition coefficient (Wildman–Crippen LogP) is 2.98. The van der Waals surface area contributed by atoms with Crippen LogP contribution >= 0.6 is 23.2 Å². The van der Waals surface area contributed by atoms with Crippen LogP contribution in [0.3, 0.4) is 0 Å². The van der Waals surface area contributed by atoms with E-state index in [0.29, 0.717) is 28.3 Å². The third-order valence-electron chi connectivity index (χ3n) is 3.49. The average Bonchev–Trinajstić information content (AvgIpc) is 3.05. The lowest BCUT2D eigenvalue weighted by atomic mass is 10.1. The smallest absolute Gasteiger partial charge is 0.284 e. The topological polar surface area (TPSA) is 92.6 Å². The van der Waals surface area contributed by atoms with E-state index < -0.39 is 5.91 Å². The average molecular weight is 383 g/mol. The molecule has 0 spiro atoms. The van der Waals surface area contributed by atoms with Crippen molar-refractivity contribution in [1.82, 2.24) is 10.6 Å². The molecule has 2 rings (SSSR count). The van der Waals surface area contributed by atoms with Crippen LogP contribution in [0.1, 0.15) is 28.3 Å². The summed E-state index contributed by atoms with van der Waals surface area (Å²) in [6.07, 6.45) is 1.72. The molecule has 0 aliphatic rings. The van der Waals surface area contributed by atoms with Gasteiger partial charge in [-0.15, -0.1) is 0 Å². The van der Waals surface area contributed by atoms with Crippen molar-refractivity contribution >= 4 is 35.1 Å². The minimum atomic E-state index is -0.588. The molecule has 1 aromatic carbocycles. The van der Waals surface area contributed by atoms with E-state index in [0.717, 1.165) is 24.9 Å². The molecule has 0 saturated heterocycles. The number of furan rings is 1. The highest BCUT2D eigenvalue weighted by atomic mass is 35.5. The van der Waals surface area contributed by atoms with Gasteiger partial charge in [-0.2, -0.15) is 0 Å². The van der Waals surface area contributed by atoms with E-state index in [4.69, 9.17) is 33.4 Å². The highest BCUT2D eigenvalue weighted by molar-refractivity contribution is 6.35. The summed E-state index contributed by atoms with van der Waals surface area (Å²) in [5.41, 5.74) is 6.21. The molecule has 6 nitrogen and oxygen atoms in total. The fourth-order valence-corrected chi connectivity index (χ4v) is 2.71. The quantitative estimate of drug-likeness (QED) is 0.389. The van der Waals surface area contributed by atoms with Crippen LogP contribution in [-0.2, 0) is 13.0 Å². The molecule has 4 N–H and O–H groups in total. The number of amides is 1. The van der Waals surface area contributed by atoms with Gasteiger partial charge >= 0.3 is 0 Å². The van der Waals surface area contributed by atoms with Gasteiger partial charge in [-0.3, -0.25) is 9.79 Å². The second-order valence-electron chi connectivity index (χ2n) is 5.32. The first-order chi connectivity index (χ1) is 12.0. The van der Waals surface area contributed by atoms with Gasteiger partial charge < -0.3 is 20.8 Å². The van der Waals surface area contributed by atoms with Gasteiger partial charge in [0.05, 0.1) is 6.54 Å². The number of nitrogens with one attached hydrogen (secondary N) is 2. The number of aryl methyl sites for hydroxylation is 1. The SMILES string of the molecule is CN=C(NCCCc1ccc(Cl)cc1Cl)NCc1ccc(C(N)=O)o1. The van der Waals surface area contributed by atoms with Crippen molar-refractivity contribution in [3.63, 3.8) is 0 Å². The number of benzene rings is 1. The maximum absolute atomic E-state index is 11.0. The van der Waals surface area contributed by atoms with Gasteiger partial charge in [-0.05, 0) is 42.7 Å². The summed E-state index contributed by atoms with van der Waals surface area (Å²) >= 11 is 12.0. The van der Waals surface area contributed by atoms with Crippen molar-refractivity contribution < 1.29 is 9.21 Å². The third-order valence-corrected chi connectivity index (χ3v) is 4.08. The summed E-state index contributed by atoms with van der Waals surface area (Å²) < 4.78 is 5.30. The van der Waals surface area contributed by atoms with Crippen molar-refractivity contribution in [3.05, 3.63) is 57.5 Å². The van der Waals surface area contributed by atoms with Gasteiger partial charge in [0.25, 0.3) is 5.91 Å². The number of guanidine groups is 1. The molecule has 0 aliphatic heterocycles. The third kappa shape index (κ3) is 5.99. The summed E-state index contributed by atoms with van der Waals surface area (Å²) in [4.78, 5) is 15.1. The van der Waals surface area contributed by atoms with Crippen LogP contribution in [0.15, 0.2) is 39.7 Å². The Morgan fingerprint density at radius 1 is 1.24 bits per heavy atom. The minimum Gasteiger partial charge on any atom is -0.454 e. The zero-order valence-electron chi connectivity index (χ0n) is 13.8. The van der Waals surface area contributed by atoms with Crippen molar-refractivity contribution in [3.8, 4) is 0 Å². The van der Waals surface area contributed by atoms with Crippen LogP contribution in [0.4, 0.5) is 0 Å². The van der Waals surface area contributed by atoms with E-state index >= 15 is 0 Å². The molecule has 1 aromatic heterocycles. The fourth-order valence-electron chi connectivity index (χ4n) is 2.21. The highest BCUT2D eigenvalue weighted by Gasteiger charge is 2.07. The highest BCUT2D eigenvalue weighted by Crippen LogP contribution is 2.21. The number of nitrogens with two attached hydrogens (primary N) is 1. The van der Waals surface area contributed by atoms with Gasteiger partial charge in [0, 0.05) is 23.6 Å². The lowest BCUT2D eigenvalue weighted by molar-refractivity contribution is 0.0972. The Labute approximate surface area is 156 Å². The zero-order valence-corrected chi connectivity index (χ0v) is 15.3. The molecular formula is C17H20Cl2N4O2. The van der Waals surface area contributed by atoms with Crippen molar-refractivity contribution in [1.29, 1.82) is 0 Å². The van der Waals surface area contributed by atoms with E-state index in [1.165, 1.54) is 0 Å². The number of hydrogen-bond donors (Lipinski definition) is 3. The standard InChI is InChI=1S/C17H20Cl2N4O2/c1-21-17(23-10-13-6-7-15(25-13)16(20)24)22-8-2-3-11-4-5-12(18)9-14(11)19/h4-7,9H,2-3,8,10H2,1H3,(H2,20,24)(H2,21,22,23). The largest absolute Gasteiger partial charge is 0.454 e. The number of carbonyl (C=O) groups excluding carboxylic acids is 1. The lowest BCUT2D eigenvalue weighted by Gasteiger charge is -2.11. The van der Waals surface area contributed by atoms with Gasteiger partial charge in [0.1, 0.15) is 5.76 Å². The summed E-state index contributed by atoms with van der Waals surface area (Å²) in [5, 5.41) is 7.62. The molecule has 25 heavy (non-hydrogen) atoms. The van der Waals surface area contributed by atoms with Crippen LogP contribution in [-0.4, -0.2) is 25.5 Å². The molecule has 134 valence electrons. The monoisotopic (exact) mass is 382 g/mol. The molecule has 8 heteroatoms. The van der Waals surface area contributed by atoms with Crippen LogP contribution in [0, 0.1) is 0 Å². The normalized spacial score (nSPS) is 11.4. The van der Waals surface area contributed by atoms with Gasteiger partial charge in [0.2, 0.25) is 0 Å². The second kappa shape index (κ2) is 9.34. The summed E-state index contributed by atoms with van der Waals surface area (Å²) in [7, 11) is 1.68. The predicted molar refractivity (Wildman–Crippen MR) is 100 cm³/mol. The second-order valence-corrected chi connectivity index (χ2v) is 6.17. The Morgan fingerprint density at radius 2 is 2.04 bits per heavy atom. The fraction of sp³-hybridized carbons (Fsp3) is 0.294. The van der Waals surface area contributed by atoms with E-state index in [9.17, 15) is 4.79 Å². The number of rotatable bonds is 7.